The van der Waals surface area contributed by atoms with Gasteiger partial charge in [0.05, 0.1) is 12.1 Å². The topological polar surface area (TPSA) is 88.4 Å². The number of amides is 1. The summed E-state index contributed by atoms with van der Waals surface area (Å²) in [6.45, 7) is 0.745. The van der Waals surface area contributed by atoms with Crippen LogP contribution in [0.3, 0.4) is 0 Å². The molecule has 0 aliphatic carbocycles. The number of nitrogens with one attached hydrogen (secondary N) is 1. The van der Waals surface area contributed by atoms with Gasteiger partial charge in [-0.15, -0.1) is 0 Å². The van der Waals surface area contributed by atoms with Crippen molar-refractivity contribution in [2.75, 3.05) is 6.54 Å². The third-order valence-electron chi connectivity index (χ3n) is 4.36. The van der Waals surface area contributed by atoms with Gasteiger partial charge in [0.2, 0.25) is 0 Å². The SMILES string of the molecule is O=C(O)c1ccc(CCNC(=O)c2cccn(Cc3ccccc3)c2=O)cc1. The molecule has 0 atom stereocenters. The van der Waals surface area contributed by atoms with Crippen LogP contribution in [0.4, 0.5) is 0 Å². The summed E-state index contributed by atoms with van der Waals surface area (Å²) < 4.78 is 1.51. The highest BCUT2D eigenvalue weighted by molar-refractivity contribution is 5.93. The van der Waals surface area contributed by atoms with Crippen LogP contribution in [0, 0.1) is 0 Å². The molecule has 0 bridgehead atoms. The zero-order valence-electron chi connectivity index (χ0n) is 15.2. The molecule has 2 aromatic carbocycles. The summed E-state index contributed by atoms with van der Waals surface area (Å²) in [5.74, 6) is -1.40. The van der Waals surface area contributed by atoms with E-state index in [0.29, 0.717) is 19.5 Å². The van der Waals surface area contributed by atoms with Crippen molar-refractivity contribution < 1.29 is 14.7 Å². The number of benzene rings is 2. The van der Waals surface area contributed by atoms with E-state index in [9.17, 15) is 14.4 Å². The van der Waals surface area contributed by atoms with E-state index in [1.807, 2.05) is 30.3 Å². The Bertz CT molecular complexity index is 1020. The molecule has 6 heteroatoms. The summed E-state index contributed by atoms with van der Waals surface area (Å²) >= 11 is 0. The minimum Gasteiger partial charge on any atom is -0.478 e. The molecule has 0 fully saturated rings. The van der Waals surface area contributed by atoms with Crippen LogP contribution in [0.1, 0.15) is 31.8 Å². The maximum atomic E-state index is 12.6. The third-order valence-corrected chi connectivity index (χ3v) is 4.36. The molecule has 0 saturated carbocycles. The van der Waals surface area contributed by atoms with Crippen LogP contribution < -0.4 is 10.9 Å². The summed E-state index contributed by atoms with van der Waals surface area (Å²) in [7, 11) is 0. The van der Waals surface area contributed by atoms with Crippen LogP contribution in [0.5, 0.6) is 0 Å². The predicted molar refractivity (Wildman–Crippen MR) is 106 cm³/mol. The number of carbonyl (C=O) groups is 2. The highest BCUT2D eigenvalue weighted by Crippen LogP contribution is 2.05. The first-order valence-electron chi connectivity index (χ1n) is 8.88. The number of hydrogen-bond acceptors (Lipinski definition) is 3. The van der Waals surface area contributed by atoms with Crippen molar-refractivity contribution in [1.82, 2.24) is 9.88 Å². The van der Waals surface area contributed by atoms with E-state index in [1.54, 1.807) is 24.4 Å². The number of aromatic carboxylic acids is 1. The summed E-state index contributed by atoms with van der Waals surface area (Å²) in [6, 6.07) is 19.2. The number of carbonyl (C=O) groups excluding carboxylic acids is 1. The average molecular weight is 376 g/mol. The fraction of sp³-hybridized carbons (Fsp3) is 0.136. The van der Waals surface area contributed by atoms with Gasteiger partial charge in [0.1, 0.15) is 5.56 Å². The van der Waals surface area contributed by atoms with Gasteiger partial charge in [-0.1, -0.05) is 42.5 Å². The second-order valence-electron chi connectivity index (χ2n) is 6.35. The molecule has 0 radical (unpaired) electrons. The number of hydrogen-bond donors (Lipinski definition) is 2. The Kier molecular flexibility index (Phi) is 6.01. The lowest BCUT2D eigenvalue weighted by molar-refractivity contribution is 0.0696. The third kappa shape index (κ3) is 4.73. The molecule has 2 N–H and O–H groups in total. The van der Waals surface area contributed by atoms with E-state index >= 15 is 0 Å². The van der Waals surface area contributed by atoms with E-state index < -0.39 is 11.9 Å². The normalized spacial score (nSPS) is 10.4. The lowest BCUT2D eigenvalue weighted by atomic mass is 10.1. The van der Waals surface area contributed by atoms with Crippen molar-refractivity contribution in [1.29, 1.82) is 0 Å². The monoisotopic (exact) mass is 376 g/mol. The fourth-order valence-corrected chi connectivity index (χ4v) is 2.84. The van der Waals surface area contributed by atoms with Crippen molar-refractivity contribution in [2.24, 2.45) is 0 Å². The van der Waals surface area contributed by atoms with Gasteiger partial charge in [0.15, 0.2) is 0 Å². The van der Waals surface area contributed by atoms with Crippen LogP contribution in [0.2, 0.25) is 0 Å². The van der Waals surface area contributed by atoms with Gasteiger partial charge in [0.25, 0.3) is 11.5 Å². The Morgan fingerprint density at radius 2 is 1.61 bits per heavy atom. The smallest absolute Gasteiger partial charge is 0.335 e. The van der Waals surface area contributed by atoms with Gasteiger partial charge < -0.3 is 15.0 Å². The average Bonchev–Trinajstić information content (AvgIpc) is 2.70. The van der Waals surface area contributed by atoms with E-state index in [2.05, 4.69) is 5.32 Å². The predicted octanol–water partition coefficient (Wildman–Crippen LogP) is 2.57. The first-order valence-corrected chi connectivity index (χ1v) is 8.88. The molecule has 0 aliphatic rings. The van der Waals surface area contributed by atoms with Crippen molar-refractivity contribution in [3.05, 3.63) is 106 Å². The minimum absolute atomic E-state index is 0.0969. The number of carboxylic acids is 1. The lowest BCUT2D eigenvalue weighted by Crippen LogP contribution is -2.33. The number of pyridine rings is 1. The maximum absolute atomic E-state index is 12.6. The van der Waals surface area contributed by atoms with Crippen LogP contribution >= 0.6 is 0 Å². The molecule has 1 amide bonds. The Morgan fingerprint density at radius 1 is 0.893 bits per heavy atom. The zero-order chi connectivity index (χ0) is 19.9. The molecule has 0 spiro atoms. The highest BCUT2D eigenvalue weighted by Gasteiger charge is 2.12. The zero-order valence-corrected chi connectivity index (χ0v) is 15.2. The molecule has 0 aliphatic heterocycles. The van der Waals surface area contributed by atoms with Crippen LogP contribution in [-0.4, -0.2) is 28.1 Å². The van der Waals surface area contributed by atoms with Gasteiger partial charge in [-0.2, -0.15) is 0 Å². The molecule has 0 unspecified atom stereocenters. The Hall–Kier alpha value is -3.67. The van der Waals surface area contributed by atoms with E-state index in [4.69, 9.17) is 5.11 Å². The number of rotatable bonds is 7. The minimum atomic E-state index is -0.976. The van der Waals surface area contributed by atoms with Gasteiger partial charge in [-0.05, 0) is 41.8 Å². The first kappa shape index (κ1) is 19.1. The maximum Gasteiger partial charge on any atom is 0.335 e. The summed E-state index contributed by atoms with van der Waals surface area (Å²) in [5.41, 5.74) is 1.86. The molecule has 1 heterocycles. The van der Waals surface area contributed by atoms with Crippen molar-refractivity contribution in [3.8, 4) is 0 Å². The summed E-state index contributed by atoms with van der Waals surface area (Å²) in [5, 5.41) is 11.7. The van der Waals surface area contributed by atoms with Crippen LogP contribution in [0.25, 0.3) is 0 Å². The summed E-state index contributed by atoms with van der Waals surface area (Å²) in [6.07, 6.45) is 2.20. The Morgan fingerprint density at radius 3 is 2.29 bits per heavy atom. The Balaban J connectivity index is 1.62. The van der Waals surface area contributed by atoms with Crippen LogP contribution in [0.15, 0.2) is 77.7 Å². The molecule has 3 rings (SSSR count). The molecule has 6 nitrogen and oxygen atoms in total. The number of aromatic nitrogens is 1. The fourth-order valence-electron chi connectivity index (χ4n) is 2.84. The van der Waals surface area contributed by atoms with Crippen molar-refractivity contribution >= 4 is 11.9 Å². The standard InChI is InChI=1S/C22H20N2O4/c25-20(23-13-12-16-8-10-18(11-9-16)22(27)28)19-7-4-14-24(21(19)26)15-17-5-2-1-3-6-17/h1-11,14H,12-13,15H2,(H,23,25)(H,27,28). The molecule has 142 valence electrons. The van der Waals surface area contributed by atoms with Gasteiger partial charge in [-0.25, -0.2) is 4.79 Å². The van der Waals surface area contributed by atoms with E-state index in [-0.39, 0.29) is 16.7 Å². The summed E-state index contributed by atoms with van der Waals surface area (Å²) in [4.78, 5) is 35.9. The number of nitrogens with zero attached hydrogens (tertiary/aromatic N) is 1. The Labute approximate surface area is 162 Å². The molecular weight excluding hydrogens is 356 g/mol. The quantitative estimate of drug-likeness (QED) is 0.663. The highest BCUT2D eigenvalue weighted by atomic mass is 16.4. The second kappa shape index (κ2) is 8.81. The largest absolute Gasteiger partial charge is 0.478 e. The second-order valence-corrected chi connectivity index (χ2v) is 6.35. The molecule has 0 saturated heterocycles. The van der Waals surface area contributed by atoms with Gasteiger partial charge in [-0.3, -0.25) is 9.59 Å². The van der Waals surface area contributed by atoms with Gasteiger partial charge >= 0.3 is 5.97 Å². The van der Waals surface area contributed by atoms with Crippen molar-refractivity contribution in [3.63, 3.8) is 0 Å². The van der Waals surface area contributed by atoms with E-state index in [0.717, 1.165) is 11.1 Å². The van der Waals surface area contributed by atoms with Crippen molar-refractivity contribution in [2.45, 2.75) is 13.0 Å². The van der Waals surface area contributed by atoms with E-state index in [1.165, 1.54) is 22.8 Å². The number of carboxylic acid groups (broad SMARTS) is 1. The van der Waals surface area contributed by atoms with Crippen LogP contribution in [-0.2, 0) is 13.0 Å². The first-order chi connectivity index (χ1) is 13.5. The molecule has 28 heavy (non-hydrogen) atoms. The molecule has 3 aromatic rings. The lowest BCUT2D eigenvalue weighted by Gasteiger charge is -2.09. The molecular formula is C22H20N2O4. The molecule has 1 aromatic heterocycles. The van der Waals surface area contributed by atoms with Gasteiger partial charge in [0, 0.05) is 12.7 Å².